The lowest BCUT2D eigenvalue weighted by molar-refractivity contribution is -0.137. The fourth-order valence-corrected chi connectivity index (χ4v) is 10.7. The third kappa shape index (κ3) is 9.04. The molecule has 5 fully saturated rings. The van der Waals surface area contributed by atoms with Crippen LogP contribution >= 0.6 is 11.6 Å². The molecule has 0 spiro atoms. The predicted octanol–water partition coefficient (Wildman–Crippen LogP) is 4.68. The average molecular weight is 921 g/mol. The summed E-state index contributed by atoms with van der Waals surface area (Å²) < 4.78 is 13.9. The fraction of sp³-hybridized carbons (Fsp3) is 0.521. The highest BCUT2D eigenvalue weighted by Gasteiger charge is 2.45. The number of benzene rings is 2. The first-order valence-electron chi connectivity index (χ1n) is 23.4. The Balaban J connectivity index is 0.709. The number of halogens is 1. The highest BCUT2D eigenvalue weighted by Crippen LogP contribution is 2.46. The van der Waals surface area contributed by atoms with Gasteiger partial charge in [-0.2, -0.15) is 4.98 Å². The molecule has 17 nitrogen and oxygen atoms in total. The van der Waals surface area contributed by atoms with Crippen LogP contribution < -0.4 is 41.4 Å². The highest BCUT2D eigenvalue weighted by atomic mass is 35.5. The Kier molecular flexibility index (Phi) is 12.1. The molecule has 0 radical (unpaired) electrons. The quantitative estimate of drug-likeness (QED) is 0.135. The summed E-state index contributed by atoms with van der Waals surface area (Å²) in [7, 11) is 1.52. The molecule has 4 aliphatic heterocycles. The number of likely N-dealkylation sites (N-methyl/N-ethyl adjacent to an activating group) is 1. The molecular weight excluding hydrogens is 864 g/mol. The number of hydrogen-bond donors (Lipinski definition) is 4. The number of piperidine rings is 2. The molecule has 6 heterocycles. The molecule has 66 heavy (non-hydrogen) atoms. The lowest BCUT2D eigenvalue weighted by Crippen LogP contribution is -2.53. The molecule has 348 valence electrons. The van der Waals surface area contributed by atoms with E-state index in [1.54, 1.807) is 21.7 Å². The number of aromatic nitrogens is 3. The molecule has 4 N–H and O–H groups in total. The zero-order valence-corrected chi connectivity index (χ0v) is 38.3. The van der Waals surface area contributed by atoms with Crippen LogP contribution in [0.3, 0.4) is 0 Å². The predicted molar refractivity (Wildman–Crippen MR) is 249 cm³/mol. The van der Waals surface area contributed by atoms with Crippen LogP contribution in [0.1, 0.15) is 87.2 Å². The van der Waals surface area contributed by atoms with Gasteiger partial charge in [0.25, 0.3) is 17.4 Å². The first-order valence-corrected chi connectivity index (χ1v) is 23.8. The van der Waals surface area contributed by atoms with Gasteiger partial charge in [0.15, 0.2) is 18.2 Å². The van der Waals surface area contributed by atoms with Crippen LogP contribution in [-0.4, -0.2) is 113 Å². The van der Waals surface area contributed by atoms with E-state index in [0.29, 0.717) is 59.0 Å². The number of imide groups is 1. The highest BCUT2D eigenvalue weighted by molar-refractivity contribution is 6.33. The van der Waals surface area contributed by atoms with Gasteiger partial charge in [-0.15, -0.1) is 0 Å². The van der Waals surface area contributed by atoms with E-state index in [1.807, 2.05) is 38.1 Å². The van der Waals surface area contributed by atoms with E-state index in [9.17, 15) is 24.0 Å². The van der Waals surface area contributed by atoms with E-state index >= 15 is 0 Å². The van der Waals surface area contributed by atoms with E-state index in [1.165, 1.54) is 19.9 Å². The molecule has 4 amide bonds. The van der Waals surface area contributed by atoms with E-state index in [2.05, 4.69) is 48.2 Å². The third-order valence-corrected chi connectivity index (χ3v) is 14.5. The maximum atomic E-state index is 13.3. The van der Waals surface area contributed by atoms with Gasteiger partial charge in [0.2, 0.25) is 17.8 Å². The molecule has 4 atom stereocenters. The van der Waals surface area contributed by atoms with Crippen molar-refractivity contribution >= 4 is 69.3 Å². The Bertz CT molecular complexity index is 2630. The maximum Gasteiger partial charge on any atom is 0.293 e. The molecule has 2 aromatic heterocycles. The van der Waals surface area contributed by atoms with Crippen molar-refractivity contribution in [3.05, 3.63) is 75.2 Å². The zero-order chi connectivity index (χ0) is 45.8. The number of nitrogens with zero attached hydrogens (tertiary/aromatic N) is 6. The van der Waals surface area contributed by atoms with Gasteiger partial charge < -0.3 is 44.7 Å². The second-order valence-corrected chi connectivity index (χ2v) is 19.5. The summed E-state index contributed by atoms with van der Waals surface area (Å²) in [5, 5.41) is 13.4. The van der Waals surface area contributed by atoms with Gasteiger partial charge in [-0.05, 0) is 119 Å². The second kappa shape index (κ2) is 18.1. The number of fused-ring (bicyclic) bond motifs is 3. The van der Waals surface area contributed by atoms with Crippen molar-refractivity contribution < 1.29 is 28.7 Å². The lowest BCUT2D eigenvalue weighted by atomic mass is 9.87. The number of carbonyl (C=O) groups is 4. The number of hydrogen-bond acceptors (Lipinski definition) is 13. The smallest absolute Gasteiger partial charge is 0.293 e. The molecule has 2 aromatic carbocycles. The minimum atomic E-state index is -0.615. The van der Waals surface area contributed by atoms with Gasteiger partial charge in [0, 0.05) is 86.6 Å². The molecule has 4 unspecified atom stereocenters. The summed E-state index contributed by atoms with van der Waals surface area (Å²) in [6.45, 7) is 7.40. The Morgan fingerprint density at radius 2 is 1.74 bits per heavy atom. The van der Waals surface area contributed by atoms with E-state index in [4.69, 9.17) is 26.1 Å². The van der Waals surface area contributed by atoms with Gasteiger partial charge in [0.05, 0.1) is 23.9 Å². The molecule has 4 aromatic rings. The molecule has 6 aliphatic rings. The van der Waals surface area contributed by atoms with E-state index in [-0.39, 0.29) is 66.2 Å². The van der Waals surface area contributed by atoms with Crippen molar-refractivity contribution in [1.29, 1.82) is 0 Å². The molecular formula is C48H57ClN10O7. The van der Waals surface area contributed by atoms with Crippen molar-refractivity contribution in [3.8, 4) is 5.75 Å². The van der Waals surface area contributed by atoms with Crippen LogP contribution in [0.4, 0.5) is 23.1 Å². The standard InChI is InChI=1S/C48H57ClN10O7/c1-26(2)59-39-7-4-31(16-28(39)18-41(47(59)64)65-25-43(61)50-3)53-44-38(49)21-51-48(55-44)56-12-10-35(11-13-56)66-36-19-32(20-36)52-33-15-27-14-29(27)22-57(24-33)34-5-6-37-30(17-34)23-58(46(37)63)40-8-9-42(60)54-45(40)62/h4-7,16-18,21,26-27,29,32-33,35-36,40,52H,8-15,19-20,22-25H2,1-3H3,(H,50,61)(H,51,53,55)(H,54,60,62). The first-order chi connectivity index (χ1) is 31.9. The summed E-state index contributed by atoms with van der Waals surface area (Å²) in [5.41, 5.74) is 3.86. The molecule has 18 heteroatoms. The van der Waals surface area contributed by atoms with Crippen LogP contribution in [0.2, 0.25) is 5.02 Å². The number of amides is 4. The van der Waals surface area contributed by atoms with Crippen LogP contribution in [0.15, 0.2) is 53.5 Å². The number of rotatable bonds is 13. The number of carbonyl (C=O) groups excluding carboxylic acids is 4. The van der Waals surface area contributed by atoms with Crippen LogP contribution in [0.25, 0.3) is 10.9 Å². The van der Waals surface area contributed by atoms with Gasteiger partial charge in [0.1, 0.15) is 11.1 Å². The van der Waals surface area contributed by atoms with Gasteiger partial charge in [-0.1, -0.05) is 11.6 Å². The molecule has 3 saturated heterocycles. The summed E-state index contributed by atoms with van der Waals surface area (Å²) in [5.74, 6) is 1.44. The molecule has 2 aliphatic carbocycles. The summed E-state index contributed by atoms with van der Waals surface area (Å²) >= 11 is 6.62. The number of pyridine rings is 1. The Labute approximate surface area is 387 Å². The molecule has 10 rings (SSSR count). The monoisotopic (exact) mass is 920 g/mol. The fourth-order valence-electron chi connectivity index (χ4n) is 10.6. The number of ether oxygens (including phenoxy) is 2. The number of anilines is 4. The SMILES string of the molecule is CNC(=O)COc1cc2cc(Nc3nc(N4CCC(OC5CC(NC6CC7CC7CN(c7ccc8c(c7)CN(C7CCC(=O)NC7=O)C8=O)C6)C5)CC4)ncc3Cl)ccc2n(C(C)C)c1=O. The van der Waals surface area contributed by atoms with Crippen LogP contribution in [0.5, 0.6) is 5.75 Å². The topological polar surface area (TPSA) is 192 Å². The zero-order valence-electron chi connectivity index (χ0n) is 37.6. The van der Waals surface area contributed by atoms with Gasteiger partial charge in [-0.25, -0.2) is 4.98 Å². The molecule has 0 bridgehead atoms. The maximum absolute atomic E-state index is 13.3. The van der Waals surface area contributed by atoms with Crippen molar-refractivity contribution in [2.45, 2.75) is 108 Å². The number of nitrogens with one attached hydrogen (secondary N) is 4. The summed E-state index contributed by atoms with van der Waals surface area (Å²) in [4.78, 5) is 78.4. The van der Waals surface area contributed by atoms with Crippen LogP contribution in [-0.2, 0) is 25.7 Å². The first kappa shape index (κ1) is 44.1. The lowest BCUT2D eigenvalue weighted by Gasteiger charge is -2.42. The molecule has 2 saturated carbocycles. The minimum absolute atomic E-state index is 0.0946. The van der Waals surface area contributed by atoms with Crippen molar-refractivity contribution in [2.24, 2.45) is 11.8 Å². The minimum Gasteiger partial charge on any atom is -0.478 e. The van der Waals surface area contributed by atoms with E-state index in [0.717, 1.165) is 79.9 Å². The Morgan fingerprint density at radius 3 is 2.52 bits per heavy atom. The third-order valence-electron chi connectivity index (χ3n) is 14.3. The average Bonchev–Trinajstić information content (AvgIpc) is 3.98. The van der Waals surface area contributed by atoms with Crippen molar-refractivity contribution in [3.63, 3.8) is 0 Å². The second-order valence-electron chi connectivity index (χ2n) is 19.1. The van der Waals surface area contributed by atoms with Crippen molar-refractivity contribution in [1.82, 2.24) is 35.4 Å². The van der Waals surface area contributed by atoms with Gasteiger partial charge in [-0.3, -0.25) is 29.3 Å². The van der Waals surface area contributed by atoms with Crippen molar-refractivity contribution in [2.75, 3.05) is 55.0 Å². The van der Waals surface area contributed by atoms with Gasteiger partial charge >= 0.3 is 0 Å². The Hall–Kier alpha value is -5.78. The largest absolute Gasteiger partial charge is 0.478 e. The normalized spacial score (nSPS) is 25.3. The van der Waals surface area contributed by atoms with E-state index < -0.39 is 6.04 Å². The Morgan fingerprint density at radius 1 is 0.924 bits per heavy atom. The summed E-state index contributed by atoms with van der Waals surface area (Å²) in [6, 6.07) is 13.4. The summed E-state index contributed by atoms with van der Waals surface area (Å²) in [6.07, 6.45) is 8.76. The van der Waals surface area contributed by atoms with Crippen LogP contribution in [0, 0.1) is 11.8 Å².